The third kappa shape index (κ3) is 2.60. The predicted octanol–water partition coefficient (Wildman–Crippen LogP) is 2.96. The SMILES string of the molecule is O=C(O)c1ccc(C(O)c2cc(F)cc(Br)c2)o1. The summed E-state index contributed by atoms with van der Waals surface area (Å²) in [6, 6.07) is 6.50. The average Bonchev–Trinajstić information content (AvgIpc) is 2.75. The van der Waals surface area contributed by atoms with Gasteiger partial charge in [-0.15, -0.1) is 0 Å². The van der Waals surface area contributed by atoms with E-state index in [1.165, 1.54) is 24.3 Å². The van der Waals surface area contributed by atoms with Crippen molar-refractivity contribution in [2.24, 2.45) is 0 Å². The van der Waals surface area contributed by atoms with E-state index in [1.807, 2.05) is 0 Å². The third-order valence-corrected chi connectivity index (χ3v) is 2.77. The van der Waals surface area contributed by atoms with Crippen LogP contribution in [-0.4, -0.2) is 16.2 Å². The van der Waals surface area contributed by atoms with Crippen LogP contribution in [0.1, 0.15) is 28.0 Å². The van der Waals surface area contributed by atoms with Crippen molar-refractivity contribution in [1.29, 1.82) is 0 Å². The minimum absolute atomic E-state index is 0.0462. The van der Waals surface area contributed by atoms with E-state index in [1.54, 1.807) is 0 Å². The smallest absolute Gasteiger partial charge is 0.371 e. The zero-order chi connectivity index (χ0) is 13.3. The van der Waals surface area contributed by atoms with Crippen molar-refractivity contribution in [1.82, 2.24) is 0 Å². The van der Waals surface area contributed by atoms with Crippen LogP contribution < -0.4 is 0 Å². The first-order valence-corrected chi connectivity index (χ1v) is 5.74. The number of furan rings is 1. The highest BCUT2D eigenvalue weighted by atomic mass is 79.9. The number of aromatic carboxylic acids is 1. The fourth-order valence-electron chi connectivity index (χ4n) is 1.51. The maximum Gasteiger partial charge on any atom is 0.371 e. The number of halogens is 2. The molecule has 0 spiro atoms. The Morgan fingerprint density at radius 1 is 1.33 bits per heavy atom. The molecule has 0 amide bonds. The molecular weight excluding hydrogens is 307 g/mol. The molecule has 0 aliphatic heterocycles. The summed E-state index contributed by atoms with van der Waals surface area (Å²) in [6.45, 7) is 0. The number of carboxylic acid groups (broad SMARTS) is 1. The highest BCUT2D eigenvalue weighted by Gasteiger charge is 2.18. The van der Waals surface area contributed by atoms with Gasteiger partial charge in [-0.05, 0) is 35.9 Å². The molecule has 2 N–H and O–H groups in total. The summed E-state index contributed by atoms with van der Waals surface area (Å²) >= 11 is 3.11. The van der Waals surface area contributed by atoms with Crippen molar-refractivity contribution in [2.45, 2.75) is 6.10 Å². The van der Waals surface area contributed by atoms with E-state index < -0.39 is 17.9 Å². The zero-order valence-electron chi connectivity index (χ0n) is 8.93. The molecule has 0 aliphatic rings. The van der Waals surface area contributed by atoms with Gasteiger partial charge in [0, 0.05) is 4.47 Å². The lowest BCUT2D eigenvalue weighted by Crippen LogP contribution is -1.99. The molecule has 1 heterocycles. The minimum atomic E-state index is -1.23. The van der Waals surface area contributed by atoms with Crippen LogP contribution in [0.3, 0.4) is 0 Å². The zero-order valence-corrected chi connectivity index (χ0v) is 10.5. The van der Waals surface area contributed by atoms with Crippen LogP contribution in [0, 0.1) is 5.82 Å². The molecule has 0 aliphatic carbocycles. The van der Waals surface area contributed by atoms with Crippen LogP contribution in [0.5, 0.6) is 0 Å². The number of hydrogen-bond donors (Lipinski definition) is 2. The van der Waals surface area contributed by atoms with Gasteiger partial charge in [0.2, 0.25) is 5.76 Å². The van der Waals surface area contributed by atoms with E-state index in [0.717, 1.165) is 6.07 Å². The maximum atomic E-state index is 13.2. The third-order valence-electron chi connectivity index (χ3n) is 2.31. The Hall–Kier alpha value is -1.66. The normalized spacial score (nSPS) is 12.4. The molecular formula is C12H8BrFO4. The molecule has 1 aromatic carbocycles. The summed E-state index contributed by atoms with van der Waals surface area (Å²) in [7, 11) is 0. The number of benzene rings is 1. The predicted molar refractivity (Wildman–Crippen MR) is 63.8 cm³/mol. The first-order valence-electron chi connectivity index (χ1n) is 4.94. The lowest BCUT2D eigenvalue weighted by atomic mass is 10.1. The molecule has 2 rings (SSSR count). The second-order valence-corrected chi connectivity index (χ2v) is 4.53. The highest BCUT2D eigenvalue weighted by molar-refractivity contribution is 9.10. The number of carboxylic acids is 1. The Morgan fingerprint density at radius 3 is 2.61 bits per heavy atom. The van der Waals surface area contributed by atoms with Gasteiger partial charge in [0.15, 0.2) is 0 Å². The summed E-state index contributed by atoms with van der Waals surface area (Å²) in [6.07, 6.45) is -1.22. The van der Waals surface area contributed by atoms with Gasteiger partial charge >= 0.3 is 5.97 Å². The van der Waals surface area contributed by atoms with E-state index >= 15 is 0 Å². The van der Waals surface area contributed by atoms with Gasteiger partial charge in [-0.2, -0.15) is 0 Å². The van der Waals surface area contributed by atoms with Crippen LogP contribution in [0.4, 0.5) is 4.39 Å². The molecule has 6 heteroatoms. The van der Waals surface area contributed by atoms with E-state index in [4.69, 9.17) is 9.52 Å². The van der Waals surface area contributed by atoms with Gasteiger partial charge < -0.3 is 14.6 Å². The fourth-order valence-corrected chi connectivity index (χ4v) is 2.00. The van der Waals surface area contributed by atoms with Crippen LogP contribution in [0.2, 0.25) is 0 Å². The first kappa shape index (κ1) is 12.8. The molecule has 0 saturated heterocycles. The molecule has 18 heavy (non-hydrogen) atoms. The summed E-state index contributed by atoms with van der Waals surface area (Å²) in [5.41, 5.74) is 0.271. The first-order chi connectivity index (χ1) is 8.47. The maximum absolute atomic E-state index is 13.2. The lowest BCUT2D eigenvalue weighted by molar-refractivity contribution is 0.0655. The molecule has 1 aromatic heterocycles. The largest absolute Gasteiger partial charge is 0.475 e. The van der Waals surface area contributed by atoms with Crippen molar-refractivity contribution >= 4 is 21.9 Å². The second kappa shape index (κ2) is 4.91. The van der Waals surface area contributed by atoms with Gasteiger partial charge in [-0.3, -0.25) is 0 Å². The Kier molecular flexibility index (Phi) is 3.49. The van der Waals surface area contributed by atoms with Gasteiger partial charge in [-0.1, -0.05) is 15.9 Å². The van der Waals surface area contributed by atoms with Crippen LogP contribution in [0.25, 0.3) is 0 Å². The molecule has 4 nitrogen and oxygen atoms in total. The number of hydrogen-bond acceptors (Lipinski definition) is 3. The number of aliphatic hydroxyl groups excluding tert-OH is 1. The Morgan fingerprint density at radius 2 is 2.06 bits per heavy atom. The molecule has 1 atom stereocenters. The van der Waals surface area contributed by atoms with E-state index in [-0.39, 0.29) is 17.1 Å². The fraction of sp³-hybridized carbons (Fsp3) is 0.0833. The van der Waals surface area contributed by atoms with Gasteiger partial charge in [0.25, 0.3) is 0 Å². The molecule has 94 valence electrons. The molecule has 0 bridgehead atoms. The minimum Gasteiger partial charge on any atom is -0.475 e. The van der Waals surface area contributed by atoms with Gasteiger partial charge in [0.05, 0.1) is 0 Å². The lowest BCUT2D eigenvalue weighted by Gasteiger charge is -2.08. The topological polar surface area (TPSA) is 70.7 Å². The summed E-state index contributed by atoms with van der Waals surface area (Å²) in [5, 5.41) is 18.7. The molecule has 0 radical (unpaired) electrons. The molecule has 2 aromatic rings. The Balaban J connectivity index is 2.34. The van der Waals surface area contributed by atoms with E-state index in [0.29, 0.717) is 4.47 Å². The van der Waals surface area contributed by atoms with Crippen molar-refractivity contribution < 1.29 is 23.8 Å². The standard InChI is InChI=1S/C12H8BrFO4/c13-7-3-6(4-8(14)5-7)11(15)9-1-2-10(18-9)12(16)17/h1-5,11,15H,(H,16,17). The highest BCUT2D eigenvalue weighted by Crippen LogP contribution is 2.27. The quantitative estimate of drug-likeness (QED) is 0.913. The summed E-state index contributed by atoms with van der Waals surface area (Å²) in [5.74, 6) is -1.97. The summed E-state index contributed by atoms with van der Waals surface area (Å²) < 4.78 is 18.6. The molecule has 1 unspecified atom stereocenters. The van der Waals surface area contributed by atoms with Gasteiger partial charge in [-0.25, -0.2) is 9.18 Å². The average molecular weight is 315 g/mol. The van der Waals surface area contributed by atoms with E-state index in [9.17, 15) is 14.3 Å². The van der Waals surface area contributed by atoms with Crippen molar-refractivity contribution in [2.75, 3.05) is 0 Å². The van der Waals surface area contributed by atoms with E-state index in [2.05, 4.69) is 15.9 Å². The Labute approximate surface area is 110 Å². The van der Waals surface area contributed by atoms with Crippen LogP contribution in [0.15, 0.2) is 39.2 Å². The Bertz CT molecular complexity index is 573. The summed E-state index contributed by atoms with van der Waals surface area (Å²) in [4.78, 5) is 10.6. The number of carbonyl (C=O) groups is 1. The van der Waals surface area contributed by atoms with Crippen molar-refractivity contribution in [3.8, 4) is 0 Å². The molecule has 0 saturated carbocycles. The van der Waals surface area contributed by atoms with Crippen LogP contribution >= 0.6 is 15.9 Å². The number of rotatable bonds is 3. The second-order valence-electron chi connectivity index (χ2n) is 3.61. The number of aliphatic hydroxyl groups is 1. The van der Waals surface area contributed by atoms with Crippen LogP contribution in [-0.2, 0) is 0 Å². The van der Waals surface area contributed by atoms with Crippen molar-refractivity contribution in [3.05, 3.63) is 57.7 Å². The van der Waals surface area contributed by atoms with Gasteiger partial charge in [0.1, 0.15) is 17.7 Å². The van der Waals surface area contributed by atoms with Crippen molar-refractivity contribution in [3.63, 3.8) is 0 Å². The monoisotopic (exact) mass is 314 g/mol. The molecule has 0 fully saturated rings.